The number of halogens is 1. The number of carbonyl (C=O) groups is 1. The Balaban J connectivity index is 1.73. The van der Waals surface area contributed by atoms with Crippen molar-refractivity contribution in [2.75, 3.05) is 7.11 Å². The molecule has 0 fully saturated rings. The molecule has 0 saturated carbocycles. The Morgan fingerprint density at radius 3 is 2.48 bits per heavy atom. The number of hydrogen-bond donors (Lipinski definition) is 1. The molecule has 0 aliphatic rings. The SMILES string of the molecule is COc1ccc2nc(C(NC(=O)Cc3ccccc3)C(C)C)n(Cc3cccc(Cl)c3)c2c1. The maximum atomic E-state index is 12.9. The molecular weight excluding hydrogens is 434 g/mol. The topological polar surface area (TPSA) is 56.1 Å². The number of amides is 1. The summed E-state index contributed by atoms with van der Waals surface area (Å²) in [5.74, 6) is 1.69. The van der Waals surface area contributed by atoms with Crippen molar-refractivity contribution in [3.05, 3.63) is 94.8 Å². The van der Waals surface area contributed by atoms with Crippen LogP contribution in [0.5, 0.6) is 5.75 Å². The Bertz CT molecular complexity index is 1250. The molecule has 4 rings (SSSR count). The number of ether oxygens (including phenoxy) is 1. The van der Waals surface area contributed by atoms with Gasteiger partial charge in [-0.05, 0) is 41.3 Å². The van der Waals surface area contributed by atoms with E-state index in [-0.39, 0.29) is 17.9 Å². The fourth-order valence-corrected chi connectivity index (χ4v) is 4.22. The van der Waals surface area contributed by atoms with Crippen LogP contribution in [0.2, 0.25) is 5.02 Å². The van der Waals surface area contributed by atoms with E-state index in [1.807, 2.05) is 72.8 Å². The van der Waals surface area contributed by atoms with Crippen molar-refractivity contribution < 1.29 is 9.53 Å². The molecule has 33 heavy (non-hydrogen) atoms. The second-order valence-electron chi connectivity index (χ2n) is 8.49. The van der Waals surface area contributed by atoms with Crippen LogP contribution in [-0.4, -0.2) is 22.6 Å². The molecule has 1 heterocycles. The number of fused-ring (bicyclic) bond motifs is 1. The maximum absolute atomic E-state index is 12.9. The maximum Gasteiger partial charge on any atom is 0.225 e. The summed E-state index contributed by atoms with van der Waals surface area (Å²) >= 11 is 6.25. The summed E-state index contributed by atoms with van der Waals surface area (Å²) in [6, 6.07) is 23.2. The van der Waals surface area contributed by atoms with Crippen molar-refractivity contribution in [1.82, 2.24) is 14.9 Å². The van der Waals surface area contributed by atoms with Crippen molar-refractivity contribution in [2.45, 2.75) is 32.9 Å². The Morgan fingerprint density at radius 1 is 1.03 bits per heavy atom. The number of methoxy groups -OCH3 is 1. The van der Waals surface area contributed by atoms with Gasteiger partial charge >= 0.3 is 0 Å². The van der Waals surface area contributed by atoms with E-state index in [9.17, 15) is 4.79 Å². The Hall–Kier alpha value is -3.31. The molecule has 0 aliphatic heterocycles. The molecule has 1 amide bonds. The van der Waals surface area contributed by atoms with Gasteiger partial charge in [0.1, 0.15) is 11.6 Å². The van der Waals surface area contributed by atoms with E-state index in [0.29, 0.717) is 18.0 Å². The Morgan fingerprint density at radius 2 is 1.79 bits per heavy atom. The van der Waals surface area contributed by atoms with Gasteiger partial charge in [-0.15, -0.1) is 0 Å². The van der Waals surface area contributed by atoms with E-state index in [2.05, 4.69) is 23.7 Å². The molecular formula is C27H28ClN3O2. The number of carbonyl (C=O) groups excluding carboxylic acids is 1. The van der Waals surface area contributed by atoms with E-state index >= 15 is 0 Å². The first kappa shape index (κ1) is 22.9. The molecule has 170 valence electrons. The fourth-order valence-electron chi connectivity index (χ4n) is 4.00. The molecule has 6 heteroatoms. The van der Waals surface area contributed by atoms with Crippen LogP contribution in [0.3, 0.4) is 0 Å². The molecule has 0 spiro atoms. The molecule has 1 aromatic heterocycles. The van der Waals surface area contributed by atoms with Crippen LogP contribution < -0.4 is 10.1 Å². The smallest absolute Gasteiger partial charge is 0.225 e. The van der Waals surface area contributed by atoms with E-state index < -0.39 is 0 Å². The minimum Gasteiger partial charge on any atom is -0.497 e. The number of rotatable bonds is 8. The van der Waals surface area contributed by atoms with Crippen LogP contribution in [0.1, 0.15) is 36.8 Å². The van der Waals surface area contributed by atoms with E-state index in [1.54, 1.807) is 7.11 Å². The summed E-state index contributed by atoms with van der Waals surface area (Å²) in [5.41, 5.74) is 3.85. The predicted molar refractivity (Wildman–Crippen MR) is 133 cm³/mol. The zero-order valence-electron chi connectivity index (χ0n) is 19.1. The molecule has 5 nitrogen and oxygen atoms in total. The third kappa shape index (κ3) is 5.37. The zero-order valence-corrected chi connectivity index (χ0v) is 19.8. The van der Waals surface area contributed by atoms with Gasteiger partial charge < -0.3 is 14.6 Å². The number of nitrogens with zero attached hydrogens (tertiary/aromatic N) is 2. The third-order valence-corrected chi connectivity index (χ3v) is 5.92. The van der Waals surface area contributed by atoms with Crippen molar-refractivity contribution in [2.24, 2.45) is 5.92 Å². The van der Waals surface area contributed by atoms with Gasteiger partial charge in [0.25, 0.3) is 0 Å². The molecule has 0 saturated heterocycles. The number of aromatic nitrogens is 2. The van der Waals surface area contributed by atoms with Crippen LogP contribution in [0.15, 0.2) is 72.8 Å². The molecule has 1 atom stereocenters. The van der Waals surface area contributed by atoms with E-state index in [1.165, 1.54) is 0 Å². The number of nitrogens with one attached hydrogen (secondary N) is 1. The Labute approximate surface area is 199 Å². The fraction of sp³-hybridized carbons (Fsp3) is 0.259. The molecule has 0 bridgehead atoms. The molecule has 0 radical (unpaired) electrons. The molecule has 4 aromatic rings. The standard InChI is InChI=1S/C27H28ClN3O2/c1-18(2)26(30-25(32)15-19-8-5-4-6-9-19)27-29-23-13-12-22(33-3)16-24(23)31(27)17-20-10-7-11-21(28)14-20/h4-14,16,18,26H,15,17H2,1-3H3,(H,30,32). The van der Waals surface area contributed by atoms with Gasteiger partial charge in [0.05, 0.1) is 30.6 Å². The number of hydrogen-bond acceptors (Lipinski definition) is 3. The average molecular weight is 462 g/mol. The molecule has 3 aromatic carbocycles. The highest BCUT2D eigenvalue weighted by atomic mass is 35.5. The summed E-state index contributed by atoms with van der Waals surface area (Å²) in [6.45, 7) is 4.77. The van der Waals surface area contributed by atoms with Crippen LogP contribution >= 0.6 is 11.6 Å². The lowest BCUT2D eigenvalue weighted by atomic mass is 10.0. The molecule has 0 aliphatic carbocycles. The zero-order chi connectivity index (χ0) is 23.4. The summed E-state index contributed by atoms with van der Waals surface area (Å²) < 4.78 is 7.61. The van der Waals surface area contributed by atoms with Crippen molar-refractivity contribution >= 4 is 28.5 Å². The van der Waals surface area contributed by atoms with E-state index in [4.69, 9.17) is 21.3 Å². The van der Waals surface area contributed by atoms with Crippen LogP contribution in [0, 0.1) is 5.92 Å². The highest BCUT2D eigenvalue weighted by Crippen LogP contribution is 2.29. The normalized spacial score (nSPS) is 12.2. The first-order chi connectivity index (χ1) is 15.9. The number of imidazole rings is 1. The van der Waals surface area contributed by atoms with Gasteiger partial charge in [-0.3, -0.25) is 4.79 Å². The van der Waals surface area contributed by atoms with Crippen molar-refractivity contribution in [3.8, 4) is 5.75 Å². The van der Waals surface area contributed by atoms with Crippen molar-refractivity contribution in [3.63, 3.8) is 0 Å². The van der Waals surface area contributed by atoms with Gasteiger partial charge in [-0.1, -0.05) is 67.9 Å². The average Bonchev–Trinajstić information content (AvgIpc) is 3.15. The van der Waals surface area contributed by atoms with Crippen LogP contribution in [0.25, 0.3) is 11.0 Å². The van der Waals surface area contributed by atoms with Gasteiger partial charge in [0.2, 0.25) is 5.91 Å². The second-order valence-corrected chi connectivity index (χ2v) is 8.93. The molecule has 1 unspecified atom stereocenters. The van der Waals surface area contributed by atoms with Crippen molar-refractivity contribution in [1.29, 1.82) is 0 Å². The van der Waals surface area contributed by atoms with Crippen LogP contribution in [0.4, 0.5) is 0 Å². The third-order valence-electron chi connectivity index (χ3n) is 5.68. The summed E-state index contributed by atoms with van der Waals surface area (Å²) in [7, 11) is 1.65. The lowest BCUT2D eigenvalue weighted by Crippen LogP contribution is -2.34. The largest absolute Gasteiger partial charge is 0.497 e. The predicted octanol–water partition coefficient (Wildman–Crippen LogP) is 5.80. The Kier molecular flexibility index (Phi) is 6.99. The van der Waals surface area contributed by atoms with Crippen LogP contribution in [-0.2, 0) is 17.8 Å². The van der Waals surface area contributed by atoms with E-state index in [0.717, 1.165) is 33.7 Å². The minimum atomic E-state index is -0.251. The van der Waals surface area contributed by atoms with Gasteiger partial charge in [0.15, 0.2) is 0 Å². The summed E-state index contributed by atoms with van der Waals surface area (Å²) in [6.07, 6.45) is 0.326. The highest BCUT2D eigenvalue weighted by Gasteiger charge is 2.25. The minimum absolute atomic E-state index is 0.0288. The van der Waals surface area contributed by atoms with Gasteiger partial charge in [-0.2, -0.15) is 0 Å². The first-order valence-corrected chi connectivity index (χ1v) is 11.4. The summed E-state index contributed by atoms with van der Waals surface area (Å²) in [5, 5.41) is 3.92. The number of benzene rings is 3. The highest BCUT2D eigenvalue weighted by molar-refractivity contribution is 6.30. The monoisotopic (exact) mass is 461 g/mol. The van der Waals surface area contributed by atoms with Gasteiger partial charge in [-0.25, -0.2) is 4.98 Å². The van der Waals surface area contributed by atoms with Gasteiger partial charge in [0, 0.05) is 17.6 Å². The lowest BCUT2D eigenvalue weighted by molar-refractivity contribution is -0.121. The quantitative estimate of drug-likeness (QED) is 0.360. The second kappa shape index (κ2) is 10.1. The summed E-state index contributed by atoms with van der Waals surface area (Å²) in [4.78, 5) is 17.9. The molecule has 1 N–H and O–H groups in total. The first-order valence-electron chi connectivity index (χ1n) is 11.1. The lowest BCUT2D eigenvalue weighted by Gasteiger charge is -2.23.